The van der Waals surface area contributed by atoms with Gasteiger partial charge in [-0.05, 0) is 25.0 Å². The van der Waals surface area contributed by atoms with E-state index in [1.165, 1.54) is 0 Å². The first-order valence-electron chi connectivity index (χ1n) is 8.97. The summed E-state index contributed by atoms with van der Waals surface area (Å²) in [6, 6.07) is -0.237. The third kappa shape index (κ3) is 6.62. The predicted molar refractivity (Wildman–Crippen MR) is 95.8 cm³/mol. The molecule has 2 atom stereocenters. The highest BCUT2D eigenvalue weighted by atomic mass is 19.4. The number of halogens is 6. The van der Waals surface area contributed by atoms with E-state index < -0.39 is 23.5 Å². The summed E-state index contributed by atoms with van der Waals surface area (Å²) < 4.78 is 76.7. The van der Waals surface area contributed by atoms with Gasteiger partial charge in [-0.15, -0.1) is 0 Å². The maximum Gasteiger partial charge on any atom is 0.416 e. The van der Waals surface area contributed by atoms with Crippen LogP contribution in [0.4, 0.5) is 26.3 Å². The molecule has 2 rings (SSSR count). The van der Waals surface area contributed by atoms with Gasteiger partial charge in [0.05, 0.1) is 24.6 Å². The summed E-state index contributed by atoms with van der Waals surface area (Å²) in [5.74, 6) is -0.365. The SMILES string of the molecule is C=C(/C=C(\C=C1/CN=C(CNC(=O)[C@H]2CCCC[C@H]2N)N1)C(F)(F)F)C(F)(F)F. The van der Waals surface area contributed by atoms with Gasteiger partial charge < -0.3 is 16.4 Å². The van der Waals surface area contributed by atoms with E-state index in [9.17, 15) is 31.1 Å². The van der Waals surface area contributed by atoms with Crippen molar-refractivity contribution < 1.29 is 31.1 Å². The van der Waals surface area contributed by atoms with Crippen molar-refractivity contribution in [2.24, 2.45) is 16.6 Å². The summed E-state index contributed by atoms with van der Waals surface area (Å²) in [4.78, 5) is 16.2. The van der Waals surface area contributed by atoms with Crippen molar-refractivity contribution >= 4 is 11.7 Å². The molecule has 11 heteroatoms. The Balaban J connectivity index is 1.98. The molecule has 1 heterocycles. The maximum absolute atomic E-state index is 13.1. The molecule has 0 unspecified atom stereocenters. The van der Waals surface area contributed by atoms with Crippen LogP contribution in [0, 0.1) is 5.92 Å². The van der Waals surface area contributed by atoms with Gasteiger partial charge in [0.25, 0.3) is 0 Å². The van der Waals surface area contributed by atoms with E-state index in [0.717, 1.165) is 19.3 Å². The van der Waals surface area contributed by atoms with Crippen molar-refractivity contribution in [3.63, 3.8) is 0 Å². The Kier molecular flexibility index (Phi) is 7.15. The molecular formula is C18H22F6N4O. The maximum atomic E-state index is 13.1. The van der Waals surface area contributed by atoms with E-state index >= 15 is 0 Å². The number of amidine groups is 1. The standard InChI is InChI=1S/C18H22F6N4O/c1-10(17(19,20)21)6-11(18(22,23)24)7-12-8-26-15(28-12)9-27-16(29)13-4-2-3-5-14(13)25/h6-7,13-14H,1-5,8-9,25H2,(H,26,28)(H,27,29)/b11-6+,12-7+/t13-,14+/m0/s1. The van der Waals surface area contributed by atoms with E-state index in [-0.39, 0.29) is 48.6 Å². The van der Waals surface area contributed by atoms with Gasteiger partial charge in [0.15, 0.2) is 0 Å². The molecule has 162 valence electrons. The lowest BCUT2D eigenvalue weighted by Gasteiger charge is -2.27. The van der Waals surface area contributed by atoms with Crippen molar-refractivity contribution in [1.29, 1.82) is 0 Å². The Morgan fingerprint density at radius 2 is 1.86 bits per heavy atom. The number of carbonyl (C=O) groups is 1. The van der Waals surface area contributed by atoms with Crippen molar-refractivity contribution in [2.45, 2.75) is 44.1 Å². The highest BCUT2D eigenvalue weighted by Crippen LogP contribution is 2.33. The summed E-state index contributed by atoms with van der Waals surface area (Å²) in [7, 11) is 0. The van der Waals surface area contributed by atoms with Crippen LogP contribution in [0.15, 0.2) is 40.6 Å². The molecule has 0 aromatic rings. The van der Waals surface area contributed by atoms with Crippen LogP contribution in [0.25, 0.3) is 0 Å². The molecule has 0 spiro atoms. The summed E-state index contributed by atoms with van der Waals surface area (Å²) in [5.41, 5.74) is 2.78. The Hall–Kier alpha value is -2.30. The Bertz CT molecular complexity index is 736. The number of allylic oxidation sites excluding steroid dienone is 4. The topological polar surface area (TPSA) is 79.5 Å². The number of hydrogen-bond acceptors (Lipinski definition) is 4. The normalized spacial score (nSPS) is 24.9. The van der Waals surface area contributed by atoms with Gasteiger partial charge in [-0.25, -0.2) is 0 Å². The fraction of sp³-hybridized carbons (Fsp3) is 0.556. The van der Waals surface area contributed by atoms with Crippen LogP contribution in [0.2, 0.25) is 0 Å². The molecule has 4 N–H and O–H groups in total. The van der Waals surface area contributed by atoms with E-state index in [1.54, 1.807) is 0 Å². The number of carbonyl (C=O) groups excluding carboxylic acids is 1. The van der Waals surface area contributed by atoms with Crippen molar-refractivity contribution in [3.05, 3.63) is 35.6 Å². The molecule has 0 saturated heterocycles. The Morgan fingerprint density at radius 1 is 1.21 bits per heavy atom. The number of nitrogens with one attached hydrogen (secondary N) is 2. The molecule has 1 aliphatic heterocycles. The first-order chi connectivity index (χ1) is 13.4. The summed E-state index contributed by atoms with van der Waals surface area (Å²) in [6.45, 7) is 2.41. The van der Waals surface area contributed by atoms with Crippen LogP contribution >= 0.6 is 0 Å². The van der Waals surface area contributed by atoms with E-state index in [4.69, 9.17) is 5.73 Å². The summed E-state index contributed by atoms with van der Waals surface area (Å²) >= 11 is 0. The summed E-state index contributed by atoms with van der Waals surface area (Å²) in [6.07, 6.45) is -6.20. The monoisotopic (exact) mass is 424 g/mol. The minimum atomic E-state index is -5.00. The molecule has 0 aromatic carbocycles. The zero-order valence-electron chi connectivity index (χ0n) is 15.5. The number of rotatable bonds is 5. The van der Waals surface area contributed by atoms with Crippen LogP contribution in [-0.4, -0.2) is 43.2 Å². The largest absolute Gasteiger partial charge is 0.416 e. The zero-order valence-corrected chi connectivity index (χ0v) is 15.5. The third-order valence-electron chi connectivity index (χ3n) is 4.68. The molecule has 0 radical (unpaired) electrons. The molecule has 1 aliphatic carbocycles. The van der Waals surface area contributed by atoms with E-state index in [1.807, 2.05) is 0 Å². The minimum Gasteiger partial charge on any atom is -0.349 e. The van der Waals surface area contributed by atoms with Crippen molar-refractivity contribution in [1.82, 2.24) is 10.6 Å². The molecule has 0 bridgehead atoms. The number of nitrogens with two attached hydrogens (primary N) is 1. The van der Waals surface area contributed by atoms with E-state index in [2.05, 4.69) is 22.2 Å². The second-order valence-electron chi connectivity index (χ2n) is 6.95. The van der Waals surface area contributed by atoms with Crippen molar-refractivity contribution in [3.8, 4) is 0 Å². The number of alkyl halides is 6. The van der Waals surface area contributed by atoms with Crippen LogP contribution < -0.4 is 16.4 Å². The van der Waals surface area contributed by atoms with Crippen LogP contribution in [0.3, 0.4) is 0 Å². The quantitative estimate of drug-likeness (QED) is 0.469. The van der Waals surface area contributed by atoms with Crippen LogP contribution in [0.1, 0.15) is 25.7 Å². The number of nitrogens with zero attached hydrogens (tertiary/aromatic N) is 1. The Labute approximate surface area is 163 Å². The first kappa shape index (κ1) is 23.0. The smallest absolute Gasteiger partial charge is 0.349 e. The minimum absolute atomic E-state index is 0.0397. The fourth-order valence-electron chi connectivity index (χ4n) is 3.08. The van der Waals surface area contributed by atoms with Gasteiger partial charge in [0, 0.05) is 17.3 Å². The number of amides is 1. The summed E-state index contributed by atoms with van der Waals surface area (Å²) in [5, 5.41) is 5.23. The van der Waals surface area contributed by atoms with Crippen LogP contribution in [-0.2, 0) is 4.79 Å². The average molecular weight is 424 g/mol. The van der Waals surface area contributed by atoms with Gasteiger partial charge in [0.1, 0.15) is 5.84 Å². The van der Waals surface area contributed by atoms with E-state index in [0.29, 0.717) is 12.5 Å². The Morgan fingerprint density at radius 3 is 2.45 bits per heavy atom. The van der Waals surface area contributed by atoms with Gasteiger partial charge in [-0.1, -0.05) is 19.4 Å². The molecule has 29 heavy (non-hydrogen) atoms. The zero-order chi connectivity index (χ0) is 21.8. The molecule has 1 fully saturated rings. The van der Waals surface area contributed by atoms with Gasteiger partial charge in [0.2, 0.25) is 5.91 Å². The van der Waals surface area contributed by atoms with Gasteiger partial charge in [-0.3, -0.25) is 9.79 Å². The highest BCUT2D eigenvalue weighted by Gasteiger charge is 2.37. The molecule has 1 saturated carbocycles. The molecule has 5 nitrogen and oxygen atoms in total. The van der Waals surface area contributed by atoms with Gasteiger partial charge in [-0.2, -0.15) is 26.3 Å². The van der Waals surface area contributed by atoms with Crippen LogP contribution in [0.5, 0.6) is 0 Å². The third-order valence-corrected chi connectivity index (χ3v) is 4.68. The molecule has 2 aliphatic rings. The lowest BCUT2D eigenvalue weighted by molar-refractivity contribution is -0.126. The fourth-order valence-corrected chi connectivity index (χ4v) is 3.08. The van der Waals surface area contributed by atoms with Crippen molar-refractivity contribution in [2.75, 3.05) is 13.1 Å². The second kappa shape index (κ2) is 9.02. The highest BCUT2D eigenvalue weighted by molar-refractivity contribution is 5.91. The number of hydrogen-bond donors (Lipinski definition) is 3. The molecule has 1 amide bonds. The second-order valence-corrected chi connectivity index (χ2v) is 6.95. The van der Waals surface area contributed by atoms with Gasteiger partial charge >= 0.3 is 12.4 Å². The predicted octanol–water partition coefficient (Wildman–Crippen LogP) is 3.11. The first-order valence-corrected chi connectivity index (χ1v) is 8.97. The molecule has 0 aromatic heterocycles. The lowest BCUT2D eigenvalue weighted by Crippen LogP contribution is -2.45. The lowest BCUT2D eigenvalue weighted by atomic mass is 9.84. The average Bonchev–Trinajstić information content (AvgIpc) is 3.05. The molecular weight excluding hydrogens is 402 g/mol. The number of aliphatic imine (C=N–C) groups is 1.